The third-order valence-corrected chi connectivity index (χ3v) is 3.51. The lowest BCUT2D eigenvalue weighted by Gasteiger charge is -2.06. The normalized spacial score (nSPS) is 10.7. The smallest absolute Gasteiger partial charge is 0.248 e. The minimum absolute atomic E-state index is 0.516. The van der Waals surface area contributed by atoms with Gasteiger partial charge >= 0.3 is 0 Å². The summed E-state index contributed by atoms with van der Waals surface area (Å²) in [4.78, 5) is 0. The van der Waals surface area contributed by atoms with Gasteiger partial charge in [0.2, 0.25) is 11.8 Å². The fraction of sp³-hybridized carbons (Fsp3) is 0.222. The van der Waals surface area contributed by atoms with Crippen LogP contribution in [0, 0.1) is 20.8 Å². The van der Waals surface area contributed by atoms with Crippen molar-refractivity contribution in [2.24, 2.45) is 0 Å². The maximum absolute atomic E-state index is 5.75. The van der Waals surface area contributed by atoms with Crippen molar-refractivity contribution >= 4 is 5.69 Å². The first-order valence-corrected chi connectivity index (χ1v) is 7.32. The van der Waals surface area contributed by atoms with Gasteiger partial charge in [-0.3, -0.25) is 0 Å². The van der Waals surface area contributed by atoms with E-state index in [1.54, 1.807) is 0 Å². The van der Waals surface area contributed by atoms with E-state index in [1.807, 2.05) is 31.2 Å². The third-order valence-electron chi connectivity index (χ3n) is 3.51. The van der Waals surface area contributed by atoms with Crippen LogP contribution in [0.3, 0.4) is 0 Å². The number of benzene rings is 2. The number of rotatable bonds is 4. The lowest BCUT2D eigenvalue weighted by molar-refractivity contribution is 0.514. The number of hydrogen-bond donors (Lipinski definition) is 1. The molecule has 0 fully saturated rings. The Morgan fingerprint density at radius 3 is 2.41 bits per heavy atom. The summed E-state index contributed by atoms with van der Waals surface area (Å²) in [7, 11) is 0. The van der Waals surface area contributed by atoms with Crippen molar-refractivity contribution in [3.8, 4) is 11.5 Å². The van der Waals surface area contributed by atoms with Gasteiger partial charge in [-0.2, -0.15) is 0 Å². The summed E-state index contributed by atoms with van der Waals surface area (Å²) in [5.74, 6) is 1.15. The Morgan fingerprint density at radius 1 is 0.955 bits per heavy atom. The van der Waals surface area contributed by atoms with Crippen LogP contribution in [0.1, 0.15) is 22.6 Å². The van der Waals surface area contributed by atoms with Crippen molar-refractivity contribution in [3.63, 3.8) is 0 Å². The molecule has 0 aliphatic rings. The fourth-order valence-corrected chi connectivity index (χ4v) is 2.50. The van der Waals surface area contributed by atoms with Gasteiger partial charge in [-0.1, -0.05) is 24.3 Å². The standard InChI is InChI=1S/C18H19N3O/c1-12-8-13(2)10-15(9-12)19-11-17-20-21-18(22-17)16-7-5-4-6-14(16)3/h4-10,19H,11H2,1-3H3. The average molecular weight is 293 g/mol. The van der Waals surface area contributed by atoms with Crippen molar-refractivity contribution in [3.05, 3.63) is 65.0 Å². The Balaban J connectivity index is 1.73. The van der Waals surface area contributed by atoms with Crippen LogP contribution < -0.4 is 5.32 Å². The van der Waals surface area contributed by atoms with E-state index in [9.17, 15) is 0 Å². The first-order valence-electron chi connectivity index (χ1n) is 7.32. The zero-order valence-electron chi connectivity index (χ0n) is 13.1. The predicted octanol–water partition coefficient (Wildman–Crippen LogP) is 4.27. The largest absolute Gasteiger partial charge is 0.419 e. The van der Waals surface area contributed by atoms with Gasteiger partial charge < -0.3 is 9.73 Å². The number of nitrogens with zero attached hydrogens (tertiary/aromatic N) is 2. The van der Waals surface area contributed by atoms with Crippen molar-refractivity contribution in [1.82, 2.24) is 10.2 Å². The molecule has 4 heteroatoms. The Bertz CT molecular complexity index is 772. The summed E-state index contributed by atoms with van der Waals surface area (Å²) in [5, 5.41) is 11.6. The Kier molecular flexibility index (Phi) is 3.92. The second kappa shape index (κ2) is 6.02. The van der Waals surface area contributed by atoms with Crippen LogP contribution in [0.25, 0.3) is 11.5 Å². The molecule has 4 nitrogen and oxygen atoms in total. The van der Waals surface area contributed by atoms with Gasteiger partial charge in [0, 0.05) is 11.3 Å². The van der Waals surface area contributed by atoms with E-state index in [4.69, 9.17) is 4.42 Å². The SMILES string of the molecule is Cc1cc(C)cc(NCc2nnc(-c3ccccc3C)o2)c1. The van der Waals surface area contributed by atoms with Crippen LogP contribution >= 0.6 is 0 Å². The Hall–Kier alpha value is -2.62. The van der Waals surface area contributed by atoms with Gasteiger partial charge in [0.05, 0.1) is 6.54 Å². The van der Waals surface area contributed by atoms with E-state index in [-0.39, 0.29) is 0 Å². The number of anilines is 1. The second-order valence-corrected chi connectivity index (χ2v) is 5.55. The van der Waals surface area contributed by atoms with Crippen LogP contribution in [0.4, 0.5) is 5.69 Å². The van der Waals surface area contributed by atoms with E-state index < -0.39 is 0 Å². The molecule has 0 radical (unpaired) electrons. The number of aromatic nitrogens is 2. The lowest BCUT2D eigenvalue weighted by atomic mass is 10.1. The number of aryl methyl sites for hydroxylation is 3. The molecular weight excluding hydrogens is 274 g/mol. The summed E-state index contributed by atoms with van der Waals surface area (Å²) in [6.45, 7) is 6.72. The van der Waals surface area contributed by atoms with E-state index in [2.05, 4.69) is 47.6 Å². The van der Waals surface area contributed by atoms with Crippen molar-refractivity contribution in [2.45, 2.75) is 27.3 Å². The van der Waals surface area contributed by atoms with E-state index >= 15 is 0 Å². The first-order chi connectivity index (χ1) is 10.6. The van der Waals surface area contributed by atoms with Crippen molar-refractivity contribution < 1.29 is 4.42 Å². The molecule has 2 aromatic carbocycles. The maximum atomic E-state index is 5.75. The van der Waals surface area contributed by atoms with E-state index in [0.29, 0.717) is 18.3 Å². The first kappa shape index (κ1) is 14.3. The molecule has 22 heavy (non-hydrogen) atoms. The molecular formula is C18H19N3O. The van der Waals surface area contributed by atoms with Gasteiger partial charge in [0.1, 0.15) is 0 Å². The molecule has 0 spiro atoms. The highest BCUT2D eigenvalue weighted by molar-refractivity contribution is 5.57. The molecule has 0 aliphatic heterocycles. The second-order valence-electron chi connectivity index (χ2n) is 5.55. The van der Waals surface area contributed by atoms with Gasteiger partial charge in [-0.15, -0.1) is 10.2 Å². The molecule has 3 rings (SSSR count). The maximum Gasteiger partial charge on any atom is 0.248 e. The molecule has 0 bridgehead atoms. The van der Waals surface area contributed by atoms with Gasteiger partial charge in [0.25, 0.3) is 0 Å². The van der Waals surface area contributed by atoms with Crippen LogP contribution in [-0.2, 0) is 6.54 Å². The highest BCUT2D eigenvalue weighted by Gasteiger charge is 2.10. The molecule has 0 saturated carbocycles. The van der Waals surface area contributed by atoms with E-state index in [0.717, 1.165) is 16.8 Å². The van der Waals surface area contributed by atoms with Crippen molar-refractivity contribution in [1.29, 1.82) is 0 Å². The zero-order valence-corrected chi connectivity index (χ0v) is 13.1. The summed E-state index contributed by atoms with van der Waals surface area (Å²) in [6.07, 6.45) is 0. The highest BCUT2D eigenvalue weighted by atomic mass is 16.4. The Labute approximate surface area is 130 Å². The van der Waals surface area contributed by atoms with Crippen LogP contribution in [-0.4, -0.2) is 10.2 Å². The van der Waals surface area contributed by atoms with Crippen LogP contribution in [0.5, 0.6) is 0 Å². The van der Waals surface area contributed by atoms with Gasteiger partial charge in [-0.25, -0.2) is 0 Å². The highest BCUT2D eigenvalue weighted by Crippen LogP contribution is 2.22. The fourth-order valence-electron chi connectivity index (χ4n) is 2.50. The summed E-state index contributed by atoms with van der Waals surface area (Å²) in [5.41, 5.74) is 5.63. The summed E-state index contributed by atoms with van der Waals surface area (Å²) >= 11 is 0. The molecule has 0 unspecified atom stereocenters. The van der Waals surface area contributed by atoms with Crippen molar-refractivity contribution in [2.75, 3.05) is 5.32 Å². The number of hydrogen-bond acceptors (Lipinski definition) is 4. The molecule has 1 heterocycles. The topological polar surface area (TPSA) is 51.0 Å². The quantitative estimate of drug-likeness (QED) is 0.780. The third kappa shape index (κ3) is 3.17. The number of nitrogens with one attached hydrogen (secondary N) is 1. The van der Waals surface area contributed by atoms with E-state index in [1.165, 1.54) is 11.1 Å². The summed E-state index contributed by atoms with van der Waals surface area (Å²) in [6, 6.07) is 14.3. The summed E-state index contributed by atoms with van der Waals surface area (Å²) < 4.78 is 5.75. The molecule has 112 valence electrons. The predicted molar refractivity (Wildman–Crippen MR) is 87.7 cm³/mol. The minimum atomic E-state index is 0.516. The molecule has 0 atom stereocenters. The molecule has 0 saturated heterocycles. The molecule has 3 aromatic rings. The Morgan fingerprint density at radius 2 is 1.68 bits per heavy atom. The van der Waals surface area contributed by atoms with Gasteiger partial charge in [-0.05, 0) is 55.7 Å². The molecule has 1 aromatic heterocycles. The van der Waals surface area contributed by atoms with Crippen LogP contribution in [0.15, 0.2) is 46.9 Å². The average Bonchev–Trinajstić information content (AvgIpc) is 2.93. The molecule has 0 amide bonds. The van der Waals surface area contributed by atoms with Crippen LogP contribution in [0.2, 0.25) is 0 Å². The van der Waals surface area contributed by atoms with Gasteiger partial charge in [0.15, 0.2) is 0 Å². The molecule has 1 N–H and O–H groups in total. The monoisotopic (exact) mass is 293 g/mol. The molecule has 0 aliphatic carbocycles. The minimum Gasteiger partial charge on any atom is -0.419 e. The lowest BCUT2D eigenvalue weighted by Crippen LogP contribution is -2.00. The zero-order chi connectivity index (χ0) is 15.5.